The number of nitrogens with one attached hydrogen (secondary N) is 2. The van der Waals surface area contributed by atoms with Crippen molar-refractivity contribution in [3.63, 3.8) is 0 Å². The fourth-order valence-corrected chi connectivity index (χ4v) is 4.02. The average molecular weight is 338 g/mol. The van der Waals surface area contributed by atoms with Crippen LogP contribution in [0.15, 0.2) is 42.6 Å². The van der Waals surface area contributed by atoms with Crippen LogP contribution in [0.25, 0.3) is 0 Å². The van der Waals surface area contributed by atoms with E-state index in [1.807, 2.05) is 17.0 Å². The number of carbonyl (C=O) groups is 1. The van der Waals surface area contributed by atoms with Crippen molar-refractivity contribution in [2.75, 3.05) is 13.1 Å². The Morgan fingerprint density at radius 1 is 1.12 bits per heavy atom. The second-order valence-corrected chi connectivity index (χ2v) is 7.30. The minimum atomic E-state index is 0.0869. The van der Waals surface area contributed by atoms with Crippen molar-refractivity contribution in [2.24, 2.45) is 5.92 Å². The molecule has 2 N–H and O–H groups in total. The van der Waals surface area contributed by atoms with Gasteiger partial charge < -0.3 is 10.2 Å². The van der Waals surface area contributed by atoms with Crippen molar-refractivity contribution in [3.8, 4) is 0 Å². The summed E-state index contributed by atoms with van der Waals surface area (Å²) in [4.78, 5) is 14.8. The number of hydrogen-bond donors (Lipinski definition) is 2. The average Bonchev–Trinajstić information content (AvgIpc) is 3.15. The molecule has 2 fully saturated rings. The van der Waals surface area contributed by atoms with E-state index in [1.54, 1.807) is 6.20 Å². The molecule has 1 aromatic heterocycles. The molecule has 1 saturated heterocycles. The van der Waals surface area contributed by atoms with Crippen LogP contribution in [-0.2, 0) is 0 Å². The number of hydrogen-bond acceptors (Lipinski definition) is 2. The molecule has 0 radical (unpaired) electrons. The minimum Gasteiger partial charge on any atom is -0.331 e. The zero-order valence-electron chi connectivity index (χ0n) is 14.5. The first-order valence-corrected chi connectivity index (χ1v) is 9.41. The summed E-state index contributed by atoms with van der Waals surface area (Å²) in [6, 6.07) is 12.7. The molecule has 0 bridgehead atoms. The maximum Gasteiger partial charge on any atom is 0.317 e. The SMILES string of the molecule is O=C(N[C@H](c1ccccc1)C1CCC1)N1CCC(c2ccn[nH]2)CC1. The summed E-state index contributed by atoms with van der Waals surface area (Å²) in [5.41, 5.74) is 2.42. The van der Waals surface area contributed by atoms with Crippen LogP contribution in [0.1, 0.15) is 55.3 Å². The van der Waals surface area contributed by atoms with E-state index in [0.29, 0.717) is 11.8 Å². The molecule has 1 aliphatic heterocycles. The molecule has 1 aliphatic carbocycles. The Hall–Kier alpha value is -2.30. The van der Waals surface area contributed by atoms with Gasteiger partial charge in [0.15, 0.2) is 0 Å². The third-order valence-electron chi connectivity index (χ3n) is 5.80. The van der Waals surface area contributed by atoms with Gasteiger partial charge in [0.2, 0.25) is 0 Å². The molecule has 5 heteroatoms. The summed E-state index contributed by atoms with van der Waals surface area (Å²) in [5.74, 6) is 1.07. The van der Waals surface area contributed by atoms with E-state index in [4.69, 9.17) is 0 Å². The van der Waals surface area contributed by atoms with Crippen LogP contribution in [0.5, 0.6) is 0 Å². The fraction of sp³-hybridized carbons (Fsp3) is 0.500. The van der Waals surface area contributed by atoms with Gasteiger partial charge >= 0.3 is 6.03 Å². The van der Waals surface area contributed by atoms with E-state index in [-0.39, 0.29) is 12.1 Å². The van der Waals surface area contributed by atoms with Gasteiger partial charge in [-0.25, -0.2) is 4.79 Å². The maximum absolute atomic E-state index is 12.8. The Balaban J connectivity index is 1.37. The molecule has 1 atom stereocenters. The number of piperidine rings is 1. The van der Waals surface area contributed by atoms with Crippen molar-refractivity contribution in [3.05, 3.63) is 53.9 Å². The lowest BCUT2D eigenvalue weighted by Crippen LogP contribution is -2.47. The van der Waals surface area contributed by atoms with Gasteiger partial charge in [-0.2, -0.15) is 5.10 Å². The summed E-state index contributed by atoms with van der Waals surface area (Å²) in [7, 11) is 0. The van der Waals surface area contributed by atoms with Crippen molar-refractivity contribution in [1.29, 1.82) is 0 Å². The van der Waals surface area contributed by atoms with Crippen molar-refractivity contribution >= 4 is 6.03 Å². The van der Waals surface area contributed by atoms with E-state index in [2.05, 4.69) is 39.8 Å². The first kappa shape index (κ1) is 16.2. The van der Waals surface area contributed by atoms with Crippen LogP contribution in [-0.4, -0.2) is 34.2 Å². The van der Waals surface area contributed by atoms with Crippen LogP contribution in [0.3, 0.4) is 0 Å². The number of aromatic nitrogens is 2. The molecule has 132 valence electrons. The number of rotatable bonds is 4. The minimum absolute atomic E-state index is 0.0869. The zero-order chi connectivity index (χ0) is 17.1. The van der Waals surface area contributed by atoms with Crippen molar-refractivity contribution in [2.45, 2.75) is 44.1 Å². The molecule has 2 aliphatic rings. The van der Waals surface area contributed by atoms with Crippen LogP contribution in [0.2, 0.25) is 0 Å². The molecule has 4 rings (SSSR count). The Morgan fingerprint density at radius 2 is 1.88 bits per heavy atom. The number of carbonyl (C=O) groups excluding carboxylic acids is 1. The third-order valence-corrected chi connectivity index (χ3v) is 5.80. The van der Waals surface area contributed by atoms with Crippen LogP contribution in [0, 0.1) is 5.92 Å². The number of nitrogens with zero attached hydrogens (tertiary/aromatic N) is 2. The molecule has 2 amide bonds. The molecule has 1 aromatic carbocycles. The fourth-order valence-electron chi connectivity index (χ4n) is 4.02. The summed E-state index contributed by atoms with van der Waals surface area (Å²) < 4.78 is 0. The highest BCUT2D eigenvalue weighted by Gasteiger charge is 2.32. The van der Waals surface area contributed by atoms with Crippen LogP contribution >= 0.6 is 0 Å². The normalized spacial score (nSPS) is 20.1. The number of H-pyrrole nitrogens is 1. The smallest absolute Gasteiger partial charge is 0.317 e. The van der Waals surface area contributed by atoms with Crippen molar-refractivity contribution < 1.29 is 4.79 Å². The van der Waals surface area contributed by atoms with Gasteiger partial charge in [0.1, 0.15) is 0 Å². The quantitative estimate of drug-likeness (QED) is 0.890. The summed E-state index contributed by atoms with van der Waals surface area (Å²) in [6.07, 6.45) is 7.49. The monoisotopic (exact) mass is 338 g/mol. The van der Waals surface area contributed by atoms with Gasteiger partial charge in [-0.1, -0.05) is 36.8 Å². The molecule has 1 saturated carbocycles. The molecule has 5 nitrogen and oxygen atoms in total. The summed E-state index contributed by atoms with van der Waals surface area (Å²) >= 11 is 0. The first-order chi connectivity index (χ1) is 12.3. The zero-order valence-corrected chi connectivity index (χ0v) is 14.5. The van der Waals surface area contributed by atoms with Gasteiger partial charge in [-0.15, -0.1) is 0 Å². The highest BCUT2D eigenvalue weighted by Crippen LogP contribution is 2.38. The second kappa shape index (κ2) is 7.30. The van der Waals surface area contributed by atoms with Crippen molar-refractivity contribution in [1.82, 2.24) is 20.4 Å². The Labute approximate surface area is 148 Å². The number of benzene rings is 1. The van der Waals surface area contributed by atoms with E-state index < -0.39 is 0 Å². The maximum atomic E-state index is 12.8. The standard InChI is InChI=1S/C20H26N4O/c25-20(24-13-10-15(11-14-24)18-9-12-21-23-18)22-19(17-7-4-8-17)16-5-2-1-3-6-16/h1-3,5-6,9,12,15,17,19H,4,7-8,10-11,13-14H2,(H,21,23)(H,22,25)/t19-/m1/s1. The Morgan fingerprint density at radius 3 is 2.48 bits per heavy atom. The summed E-state index contributed by atoms with van der Waals surface area (Å²) in [5, 5.41) is 10.4. The van der Waals surface area contributed by atoms with E-state index in [9.17, 15) is 4.79 Å². The van der Waals surface area contributed by atoms with E-state index in [1.165, 1.54) is 30.5 Å². The lowest BCUT2D eigenvalue weighted by molar-refractivity contribution is 0.162. The number of amides is 2. The number of urea groups is 1. The van der Waals surface area contributed by atoms with E-state index in [0.717, 1.165) is 25.9 Å². The number of likely N-dealkylation sites (tertiary alicyclic amines) is 1. The molecule has 2 aromatic rings. The molecule has 25 heavy (non-hydrogen) atoms. The topological polar surface area (TPSA) is 61.0 Å². The van der Waals surface area contributed by atoms with Crippen LogP contribution < -0.4 is 5.32 Å². The van der Waals surface area contributed by atoms with Gasteiger partial charge in [0.25, 0.3) is 0 Å². The Bertz CT molecular complexity index is 673. The van der Waals surface area contributed by atoms with E-state index >= 15 is 0 Å². The third kappa shape index (κ3) is 3.55. The predicted octanol–water partition coefficient (Wildman–Crippen LogP) is 3.84. The largest absolute Gasteiger partial charge is 0.331 e. The predicted molar refractivity (Wildman–Crippen MR) is 97.2 cm³/mol. The van der Waals surface area contributed by atoms with Gasteiger partial charge in [-0.3, -0.25) is 5.10 Å². The van der Waals surface area contributed by atoms with Gasteiger partial charge in [0.05, 0.1) is 6.04 Å². The lowest BCUT2D eigenvalue weighted by Gasteiger charge is -2.37. The molecular weight excluding hydrogens is 312 g/mol. The molecule has 0 spiro atoms. The molecular formula is C20H26N4O. The van der Waals surface area contributed by atoms with Gasteiger partial charge in [0, 0.05) is 30.9 Å². The van der Waals surface area contributed by atoms with Gasteiger partial charge in [-0.05, 0) is 43.2 Å². The number of aromatic amines is 1. The second-order valence-electron chi connectivity index (χ2n) is 7.30. The Kier molecular flexibility index (Phi) is 4.72. The molecule has 0 unspecified atom stereocenters. The molecule has 2 heterocycles. The highest BCUT2D eigenvalue weighted by atomic mass is 16.2. The first-order valence-electron chi connectivity index (χ1n) is 9.41. The highest BCUT2D eigenvalue weighted by molar-refractivity contribution is 5.75. The summed E-state index contributed by atoms with van der Waals surface area (Å²) in [6.45, 7) is 1.61. The lowest BCUT2D eigenvalue weighted by atomic mass is 9.77. The van der Waals surface area contributed by atoms with Crippen LogP contribution in [0.4, 0.5) is 4.79 Å².